The molecule has 0 amide bonds. The van der Waals surface area contributed by atoms with Crippen molar-refractivity contribution >= 4 is 15.9 Å². The summed E-state index contributed by atoms with van der Waals surface area (Å²) in [6.45, 7) is 0. The van der Waals surface area contributed by atoms with Gasteiger partial charge in [-0.2, -0.15) is 0 Å². The lowest BCUT2D eigenvalue weighted by atomic mass is 10.1. The molecule has 0 aliphatic heterocycles. The van der Waals surface area contributed by atoms with Gasteiger partial charge in [-0.15, -0.1) is 0 Å². The molecule has 1 saturated carbocycles. The van der Waals surface area contributed by atoms with Crippen LogP contribution in [-0.2, 0) is 0 Å². The smallest absolute Gasteiger partial charge is 0.119 e. The van der Waals surface area contributed by atoms with E-state index in [0.717, 1.165) is 31.4 Å². The molecule has 0 radical (unpaired) electrons. The van der Waals surface area contributed by atoms with Gasteiger partial charge in [0.25, 0.3) is 0 Å². The van der Waals surface area contributed by atoms with Crippen LogP contribution in [0.1, 0.15) is 25.7 Å². The van der Waals surface area contributed by atoms with Crippen LogP contribution in [0, 0.1) is 0 Å². The largest absolute Gasteiger partial charge is 0.490 e. The summed E-state index contributed by atoms with van der Waals surface area (Å²) in [4.78, 5) is 0.485. The molecule has 3 atom stereocenters. The van der Waals surface area contributed by atoms with Crippen LogP contribution in [0.15, 0.2) is 30.3 Å². The lowest BCUT2D eigenvalue weighted by Gasteiger charge is -2.18. The number of halogens is 1. The van der Waals surface area contributed by atoms with Gasteiger partial charge in [0.15, 0.2) is 0 Å². The standard InChI is InChI=1S/C13H18BrNO/c14-10-8-11(15)6-7-13(9-10)16-12-4-2-1-3-5-12/h1-5,10-11,13H,6-9,15H2. The Morgan fingerprint density at radius 2 is 1.88 bits per heavy atom. The molecule has 1 aliphatic carbocycles. The van der Waals surface area contributed by atoms with Crippen LogP contribution in [0.5, 0.6) is 5.75 Å². The van der Waals surface area contributed by atoms with Crippen molar-refractivity contribution in [1.29, 1.82) is 0 Å². The van der Waals surface area contributed by atoms with Crippen LogP contribution in [-0.4, -0.2) is 17.0 Å². The predicted molar refractivity (Wildman–Crippen MR) is 70.0 cm³/mol. The maximum atomic E-state index is 6.00. The molecule has 0 aromatic heterocycles. The van der Waals surface area contributed by atoms with E-state index in [1.165, 1.54) is 0 Å². The number of rotatable bonds is 2. The van der Waals surface area contributed by atoms with E-state index in [2.05, 4.69) is 15.9 Å². The van der Waals surface area contributed by atoms with Gasteiger partial charge in [0, 0.05) is 10.9 Å². The molecule has 1 aromatic rings. The summed E-state index contributed by atoms with van der Waals surface area (Å²) in [5, 5.41) is 0. The first-order valence-corrected chi connectivity index (χ1v) is 6.77. The van der Waals surface area contributed by atoms with Crippen molar-refractivity contribution < 1.29 is 4.74 Å². The zero-order valence-corrected chi connectivity index (χ0v) is 10.9. The maximum absolute atomic E-state index is 6.00. The summed E-state index contributed by atoms with van der Waals surface area (Å²) in [5.74, 6) is 0.961. The molecule has 88 valence electrons. The maximum Gasteiger partial charge on any atom is 0.119 e. The lowest BCUT2D eigenvalue weighted by Crippen LogP contribution is -2.21. The second-order valence-corrected chi connectivity index (χ2v) is 5.75. The quantitative estimate of drug-likeness (QED) is 0.669. The van der Waals surface area contributed by atoms with Gasteiger partial charge in [-0.3, -0.25) is 0 Å². The summed E-state index contributed by atoms with van der Waals surface area (Å²) in [5.41, 5.74) is 6.00. The molecule has 1 aromatic carbocycles. The molecular formula is C13H18BrNO. The van der Waals surface area contributed by atoms with Crippen molar-refractivity contribution in [2.45, 2.75) is 42.7 Å². The number of hydrogen-bond donors (Lipinski definition) is 1. The molecule has 1 fully saturated rings. The van der Waals surface area contributed by atoms with Crippen molar-refractivity contribution in [2.75, 3.05) is 0 Å². The molecule has 2 N–H and O–H groups in total. The van der Waals surface area contributed by atoms with Gasteiger partial charge < -0.3 is 10.5 Å². The third-order valence-electron chi connectivity index (χ3n) is 2.98. The number of benzene rings is 1. The molecule has 2 rings (SSSR count). The monoisotopic (exact) mass is 283 g/mol. The summed E-state index contributed by atoms with van der Waals surface area (Å²) < 4.78 is 5.97. The third kappa shape index (κ3) is 3.49. The van der Waals surface area contributed by atoms with E-state index in [-0.39, 0.29) is 0 Å². The average Bonchev–Trinajstić information content (AvgIpc) is 2.41. The van der Waals surface area contributed by atoms with E-state index in [4.69, 9.17) is 10.5 Å². The van der Waals surface area contributed by atoms with E-state index in [9.17, 15) is 0 Å². The molecule has 3 heteroatoms. The Kier molecular flexibility index (Phi) is 4.24. The van der Waals surface area contributed by atoms with E-state index in [0.29, 0.717) is 17.0 Å². The van der Waals surface area contributed by atoms with Crippen LogP contribution in [0.3, 0.4) is 0 Å². The molecule has 16 heavy (non-hydrogen) atoms. The van der Waals surface area contributed by atoms with Gasteiger partial charge in [-0.05, 0) is 37.8 Å². The minimum Gasteiger partial charge on any atom is -0.490 e. The Bertz CT molecular complexity index is 317. The second kappa shape index (κ2) is 5.69. The van der Waals surface area contributed by atoms with Gasteiger partial charge in [0.1, 0.15) is 5.75 Å². The van der Waals surface area contributed by atoms with Crippen molar-refractivity contribution in [3.8, 4) is 5.75 Å². The van der Waals surface area contributed by atoms with E-state index < -0.39 is 0 Å². The molecule has 3 unspecified atom stereocenters. The van der Waals surface area contributed by atoms with Gasteiger partial charge in [0.05, 0.1) is 6.10 Å². The number of ether oxygens (including phenoxy) is 1. The van der Waals surface area contributed by atoms with Crippen LogP contribution >= 0.6 is 15.9 Å². The van der Waals surface area contributed by atoms with Crippen LogP contribution in [0.25, 0.3) is 0 Å². The SMILES string of the molecule is NC1CCC(Oc2ccccc2)CC(Br)C1. The Hall–Kier alpha value is -0.540. The highest BCUT2D eigenvalue weighted by Crippen LogP contribution is 2.26. The molecule has 0 saturated heterocycles. The highest BCUT2D eigenvalue weighted by molar-refractivity contribution is 9.09. The van der Waals surface area contributed by atoms with Crippen LogP contribution in [0.4, 0.5) is 0 Å². The first kappa shape index (κ1) is 11.9. The highest BCUT2D eigenvalue weighted by atomic mass is 79.9. The number of alkyl halides is 1. The van der Waals surface area contributed by atoms with Crippen molar-refractivity contribution in [2.24, 2.45) is 5.73 Å². The predicted octanol–water partition coefficient (Wildman–Crippen LogP) is 3.10. The highest BCUT2D eigenvalue weighted by Gasteiger charge is 2.23. The topological polar surface area (TPSA) is 35.2 Å². The zero-order valence-electron chi connectivity index (χ0n) is 9.31. The minimum absolute atomic E-state index is 0.292. The van der Waals surface area contributed by atoms with Crippen molar-refractivity contribution in [3.05, 3.63) is 30.3 Å². The van der Waals surface area contributed by atoms with E-state index in [1.54, 1.807) is 0 Å². The average molecular weight is 284 g/mol. The first-order valence-electron chi connectivity index (χ1n) is 5.85. The van der Waals surface area contributed by atoms with Crippen LogP contribution in [0.2, 0.25) is 0 Å². The lowest BCUT2D eigenvalue weighted by molar-refractivity contribution is 0.185. The van der Waals surface area contributed by atoms with Gasteiger partial charge in [-0.25, -0.2) is 0 Å². The number of para-hydroxylation sites is 1. The Balaban J connectivity index is 1.94. The second-order valence-electron chi connectivity index (χ2n) is 4.46. The molecule has 0 bridgehead atoms. The summed E-state index contributed by atoms with van der Waals surface area (Å²) >= 11 is 3.67. The van der Waals surface area contributed by atoms with Crippen LogP contribution < -0.4 is 10.5 Å². The molecule has 0 heterocycles. The first-order chi connectivity index (χ1) is 7.74. The summed E-state index contributed by atoms with van der Waals surface area (Å²) in [7, 11) is 0. The fourth-order valence-electron chi connectivity index (χ4n) is 2.14. The zero-order chi connectivity index (χ0) is 11.4. The summed E-state index contributed by atoms with van der Waals surface area (Å²) in [6.07, 6.45) is 4.50. The normalized spacial score (nSPS) is 30.8. The van der Waals surface area contributed by atoms with Crippen molar-refractivity contribution in [3.63, 3.8) is 0 Å². The fraction of sp³-hybridized carbons (Fsp3) is 0.538. The minimum atomic E-state index is 0.292. The molecule has 2 nitrogen and oxygen atoms in total. The third-order valence-corrected chi connectivity index (χ3v) is 3.73. The Morgan fingerprint density at radius 3 is 2.62 bits per heavy atom. The molecular weight excluding hydrogens is 266 g/mol. The molecule has 0 spiro atoms. The Morgan fingerprint density at radius 1 is 1.12 bits per heavy atom. The van der Waals surface area contributed by atoms with Crippen molar-refractivity contribution in [1.82, 2.24) is 0 Å². The summed E-state index contributed by atoms with van der Waals surface area (Å²) in [6, 6.07) is 10.3. The Labute approximate surface area is 105 Å². The molecule has 1 aliphatic rings. The van der Waals surface area contributed by atoms with Gasteiger partial charge in [-0.1, -0.05) is 34.1 Å². The van der Waals surface area contributed by atoms with E-state index in [1.807, 2.05) is 30.3 Å². The van der Waals surface area contributed by atoms with Gasteiger partial charge >= 0.3 is 0 Å². The van der Waals surface area contributed by atoms with E-state index >= 15 is 0 Å². The fourth-order valence-corrected chi connectivity index (χ4v) is 3.04. The van der Waals surface area contributed by atoms with Gasteiger partial charge in [0.2, 0.25) is 0 Å². The number of nitrogens with two attached hydrogens (primary N) is 1. The number of hydrogen-bond acceptors (Lipinski definition) is 2.